The number of rotatable bonds is 5. The van der Waals surface area contributed by atoms with E-state index in [9.17, 15) is 14.4 Å². The van der Waals surface area contributed by atoms with Crippen LogP contribution in [-0.2, 0) is 22.6 Å². The summed E-state index contributed by atoms with van der Waals surface area (Å²) in [4.78, 5) is 38.9. The van der Waals surface area contributed by atoms with Gasteiger partial charge in [0.05, 0.1) is 5.69 Å². The number of carbonyl (C=O) groups is 3. The van der Waals surface area contributed by atoms with Crippen molar-refractivity contribution < 1.29 is 14.4 Å². The van der Waals surface area contributed by atoms with Crippen molar-refractivity contribution in [3.05, 3.63) is 95.3 Å². The molecule has 1 fully saturated rings. The van der Waals surface area contributed by atoms with E-state index in [4.69, 9.17) is 0 Å². The number of imide groups is 2. The molecule has 0 aliphatic carbocycles. The zero-order chi connectivity index (χ0) is 21.1. The first-order valence-corrected chi connectivity index (χ1v) is 9.76. The number of carbonyl (C=O) groups excluding carboxylic acids is 3. The Morgan fingerprint density at radius 2 is 1.60 bits per heavy atom. The minimum absolute atomic E-state index is 0.0813. The molecular weight excluding hydrogens is 378 g/mol. The normalized spacial score (nSPS) is 15.6. The summed E-state index contributed by atoms with van der Waals surface area (Å²) in [6.07, 6.45) is 4.26. The molecule has 2 heterocycles. The minimum atomic E-state index is -0.744. The Balaban J connectivity index is 1.66. The van der Waals surface area contributed by atoms with Crippen LogP contribution >= 0.6 is 0 Å². The number of hydrogen-bond acceptors (Lipinski definition) is 3. The second-order valence-corrected chi connectivity index (χ2v) is 7.02. The van der Waals surface area contributed by atoms with Gasteiger partial charge in [-0.3, -0.25) is 14.9 Å². The predicted octanol–water partition coefficient (Wildman–Crippen LogP) is 3.77. The zero-order valence-electron chi connectivity index (χ0n) is 16.5. The fourth-order valence-corrected chi connectivity index (χ4v) is 3.40. The quantitative estimate of drug-likeness (QED) is 0.524. The predicted molar refractivity (Wildman–Crippen MR) is 115 cm³/mol. The lowest BCUT2D eigenvalue weighted by atomic mass is 10.1. The van der Waals surface area contributed by atoms with Gasteiger partial charge in [0.25, 0.3) is 11.8 Å². The minimum Gasteiger partial charge on any atom is -0.344 e. The molecule has 0 bridgehead atoms. The van der Waals surface area contributed by atoms with E-state index in [2.05, 4.69) is 5.32 Å². The fourth-order valence-electron chi connectivity index (χ4n) is 3.40. The second kappa shape index (κ2) is 8.21. The third-order valence-electron chi connectivity index (χ3n) is 5.06. The highest BCUT2D eigenvalue weighted by Gasteiger charge is 2.36. The van der Waals surface area contributed by atoms with Crippen LogP contribution in [0.5, 0.6) is 0 Å². The summed E-state index contributed by atoms with van der Waals surface area (Å²) in [5, 5.41) is 2.27. The van der Waals surface area contributed by atoms with Crippen molar-refractivity contribution >= 4 is 29.6 Å². The molecule has 0 spiro atoms. The Labute approximate surface area is 174 Å². The van der Waals surface area contributed by atoms with Crippen LogP contribution in [0, 0.1) is 0 Å². The average molecular weight is 399 g/mol. The Morgan fingerprint density at radius 1 is 0.867 bits per heavy atom. The molecule has 1 aromatic heterocycles. The van der Waals surface area contributed by atoms with E-state index < -0.39 is 17.8 Å². The van der Waals surface area contributed by atoms with Crippen LogP contribution in [0.1, 0.15) is 23.7 Å². The molecule has 1 N–H and O–H groups in total. The van der Waals surface area contributed by atoms with Crippen LogP contribution in [0.4, 0.5) is 10.5 Å². The monoisotopic (exact) mass is 399 g/mol. The molecule has 6 nitrogen and oxygen atoms in total. The molecule has 6 heteroatoms. The van der Waals surface area contributed by atoms with Crippen LogP contribution in [0.2, 0.25) is 0 Å². The molecule has 4 amide bonds. The summed E-state index contributed by atoms with van der Waals surface area (Å²) in [6.45, 7) is 2.63. The van der Waals surface area contributed by atoms with Crippen LogP contribution in [0.3, 0.4) is 0 Å². The first-order chi connectivity index (χ1) is 14.6. The Bertz CT molecular complexity index is 1130. The summed E-state index contributed by atoms with van der Waals surface area (Å²) in [5.74, 6) is -1.33. The summed E-state index contributed by atoms with van der Waals surface area (Å²) in [7, 11) is 0. The third-order valence-corrected chi connectivity index (χ3v) is 5.06. The topological polar surface area (TPSA) is 71.4 Å². The summed E-state index contributed by atoms with van der Waals surface area (Å²) < 4.78 is 1.94. The lowest BCUT2D eigenvalue weighted by molar-refractivity contribution is -0.122. The van der Waals surface area contributed by atoms with Gasteiger partial charge in [-0.25, -0.2) is 9.69 Å². The first kappa shape index (κ1) is 19.4. The molecular formula is C24H21N3O3. The van der Waals surface area contributed by atoms with E-state index in [1.165, 1.54) is 6.08 Å². The molecule has 1 saturated heterocycles. The summed E-state index contributed by atoms with van der Waals surface area (Å²) >= 11 is 0. The number of barbiturate groups is 1. The number of benzene rings is 2. The Hall–Kier alpha value is -3.93. The van der Waals surface area contributed by atoms with Gasteiger partial charge in [0.15, 0.2) is 0 Å². The van der Waals surface area contributed by atoms with Crippen molar-refractivity contribution in [2.75, 3.05) is 4.90 Å². The van der Waals surface area contributed by atoms with Gasteiger partial charge in [0, 0.05) is 18.4 Å². The first-order valence-electron chi connectivity index (χ1n) is 9.76. The number of nitrogens with one attached hydrogen (secondary N) is 1. The highest BCUT2D eigenvalue weighted by atomic mass is 16.2. The maximum Gasteiger partial charge on any atom is 0.335 e. The van der Waals surface area contributed by atoms with E-state index in [1.54, 1.807) is 12.1 Å². The number of aryl methyl sites for hydroxylation is 1. The molecule has 0 radical (unpaired) electrons. The van der Waals surface area contributed by atoms with Crippen molar-refractivity contribution in [3.8, 4) is 0 Å². The lowest BCUT2D eigenvalue weighted by Gasteiger charge is -2.26. The highest BCUT2D eigenvalue weighted by Crippen LogP contribution is 2.23. The highest BCUT2D eigenvalue weighted by molar-refractivity contribution is 6.39. The molecule has 1 aliphatic heterocycles. The maximum absolute atomic E-state index is 13.1. The van der Waals surface area contributed by atoms with Crippen molar-refractivity contribution in [3.63, 3.8) is 0 Å². The number of aromatic nitrogens is 1. The number of anilines is 1. The van der Waals surface area contributed by atoms with Crippen LogP contribution in [-0.4, -0.2) is 22.4 Å². The third kappa shape index (κ3) is 3.80. The van der Waals surface area contributed by atoms with Gasteiger partial charge in [-0.05, 0) is 47.9 Å². The lowest BCUT2D eigenvalue weighted by Crippen LogP contribution is -2.54. The summed E-state index contributed by atoms with van der Waals surface area (Å²) in [6, 6.07) is 20.0. The zero-order valence-corrected chi connectivity index (χ0v) is 16.5. The van der Waals surface area contributed by atoms with E-state index in [-0.39, 0.29) is 5.57 Å². The molecule has 150 valence electrons. The van der Waals surface area contributed by atoms with Gasteiger partial charge in [-0.15, -0.1) is 0 Å². The molecule has 1 aliphatic rings. The number of urea groups is 1. The molecule has 0 unspecified atom stereocenters. The smallest absolute Gasteiger partial charge is 0.335 e. The van der Waals surface area contributed by atoms with Gasteiger partial charge < -0.3 is 4.57 Å². The fraction of sp³-hybridized carbons (Fsp3) is 0.125. The molecule has 2 aromatic carbocycles. The maximum atomic E-state index is 13.1. The van der Waals surface area contributed by atoms with Gasteiger partial charge in [-0.2, -0.15) is 0 Å². The summed E-state index contributed by atoms with van der Waals surface area (Å²) in [5.41, 5.74) is 3.23. The van der Waals surface area contributed by atoms with Gasteiger partial charge >= 0.3 is 6.03 Å². The number of amides is 4. The van der Waals surface area contributed by atoms with E-state index in [0.717, 1.165) is 22.4 Å². The van der Waals surface area contributed by atoms with Crippen LogP contribution in [0.15, 0.2) is 78.5 Å². The van der Waals surface area contributed by atoms with E-state index >= 15 is 0 Å². The van der Waals surface area contributed by atoms with Crippen molar-refractivity contribution in [2.24, 2.45) is 0 Å². The van der Waals surface area contributed by atoms with E-state index in [0.29, 0.717) is 17.9 Å². The van der Waals surface area contributed by atoms with Gasteiger partial charge in [-0.1, -0.05) is 49.4 Å². The number of hydrogen-bond donors (Lipinski definition) is 1. The largest absolute Gasteiger partial charge is 0.344 e. The molecule has 4 rings (SSSR count). The SMILES string of the molecule is CCc1ccc(N2C(=O)NC(=O)/C(=C/c3cccn3Cc3ccccc3)C2=O)cc1. The van der Waals surface area contributed by atoms with Gasteiger partial charge in [0.1, 0.15) is 5.57 Å². The standard InChI is InChI=1S/C24H21N3O3/c1-2-17-10-12-19(13-11-17)27-23(29)21(22(28)25-24(27)30)15-20-9-6-14-26(20)16-18-7-4-3-5-8-18/h3-15H,2,16H2,1H3,(H,25,28,30)/b21-15-. The molecule has 0 atom stereocenters. The van der Waals surface area contributed by atoms with E-state index in [1.807, 2.05) is 72.3 Å². The van der Waals surface area contributed by atoms with Crippen molar-refractivity contribution in [1.29, 1.82) is 0 Å². The van der Waals surface area contributed by atoms with Gasteiger partial charge in [0.2, 0.25) is 0 Å². The Kier molecular flexibility index (Phi) is 5.30. The Morgan fingerprint density at radius 3 is 2.30 bits per heavy atom. The molecule has 3 aromatic rings. The molecule has 0 saturated carbocycles. The second-order valence-electron chi connectivity index (χ2n) is 7.02. The van der Waals surface area contributed by atoms with Crippen LogP contribution in [0.25, 0.3) is 6.08 Å². The van der Waals surface area contributed by atoms with Crippen LogP contribution < -0.4 is 10.2 Å². The average Bonchev–Trinajstić information content (AvgIpc) is 3.19. The molecule has 30 heavy (non-hydrogen) atoms. The van der Waals surface area contributed by atoms with Crippen molar-refractivity contribution in [1.82, 2.24) is 9.88 Å². The van der Waals surface area contributed by atoms with Crippen molar-refractivity contribution in [2.45, 2.75) is 19.9 Å². The number of nitrogens with zero attached hydrogens (tertiary/aromatic N) is 2.